The fourth-order valence-electron chi connectivity index (χ4n) is 1.92. The molecule has 3 unspecified atom stereocenters. The van der Waals surface area contributed by atoms with Crippen molar-refractivity contribution in [1.82, 2.24) is 0 Å². The third-order valence-electron chi connectivity index (χ3n) is 2.86. The zero-order chi connectivity index (χ0) is 12.3. The van der Waals surface area contributed by atoms with Crippen LogP contribution in [0.4, 0.5) is 0 Å². The minimum absolute atomic E-state index is 0.0209. The molecule has 0 spiro atoms. The van der Waals surface area contributed by atoms with Gasteiger partial charge in [-0.15, -0.1) is 11.6 Å². The van der Waals surface area contributed by atoms with Gasteiger partial charge in [0.1, 0.15) is 23.7 Å². The zero-order valence-electron chi connectivity index (χ0n) is 10.1. The number of benzene rings is 1. The summed E-state index contributed by atoms with van der Waals surface area (Å²) < 4.78 is 16.5. The molecule has 3 atom stereocenters. The average molecular weight is 257 g/mol. The van der Waals surface area contributed by atoms with Gasteiger partial charge in [0.05, 0.1) is 12.0 Å². The molecular weight excluding hydrogens is 240 g/mol. The Morgan fingerprint density at radius 3 is 2.76 bits per heavy atom. The maximum absolute atomic E-state index is 6.03. The molecule has 2 rings (SSSR count). The van der Waals surface area contributed by atoms with Crippen LogP contribution in [0.5, 0.6) is 11.5 Å². The van der Waals surface area contributed by atoms with Gasteiger partial charge in [-0.1, -0.05) is 6.07 Å². The topological polar surface area (TPSA) is 27.7 Å². The maximum Gasteiger partial charge on any atom is 0.128 e. The van der Waals surface area contributed by atoms with Crippen LogP contribution in [0.3, 0.4) is 0 Å². The van der Waals surface area contributed by atoms with Crippen LogP contribution in [0, 0.1) is 0 Å². The summed E-state index contributed by atoms with van der Waals surface area (Å²) in [7, 11) is 1.66. The quantitative estimate of drug-likeness (QED) is 0.759. The lowest BCUT2D eigenvalue weighted by Gasteiger charge is -2.39. The molecule has 1 saturated carbocycles. The average Bonchev–Trinajstić information content (AvgIpc) is 2.30. The van der Waals surface area contributed by atoms with Crippen LogP contribution in [-0.2, 0) is 4.74 Å². The molecule has 3 nitrogen and oxygen atoms in total. The molecule has 0 bridgehead atoms. The first-order valence-electron chi connectivity index (χ1n) is 5.81. The second kappa shape index (κ2) is 5.61. The lowest BCUT2D eigenvalue weighted by atomic mass is 9.91. The monoisotopic (exact) mass is 256 g/mol. The number of rotatable bonds is 5. The second-order valence-corrected chi connectivity index (χ2v) is 4.58. The molecular formula is C13H17ClO3. The highest BCUT2D eigenvalue weighted by Gasteiger charge is 2.42. The number of ether oxygens (including phenoxy) is 3. The van der Waals surface area contributed by atoms with Crippen LogP contribution in [0.25, 0.3) is 0 Å². The van der Waals surface area contributed by atoms with Gasteiger partial charge in [0.15, 0.2) is 0 Å². The Kier molecular flexibility index (Phi) is 4.13. The Balaban J connectivity index is 1.97. The Labute approximate surface area is 107 Å². The maximum atomic E-state index is 6.03. The van der Waals surface area contributed by atoms with Crippen molar-refractivity contribution in [2.75, 3.05) is 13.7 Å². The standard InChI is InChI=1S/C13H17ClO3/c1-3-16-9-5-4-6-10(7-9)17-12-8-11(14)13(12)15-2/h4-7,11-13H,3,8H2,1-2H3. The normalized spacial score (nSPS) is 27.4. The molecule has 1 aromatic rings. The van der Waals surface area contributed by atoms with Gasteiger partial charge >= 0.3 is 0 Å². The summed E-state index contributed by atoms with van der Waals surface area (Å²) in [4.78, 5) is 0. The molecule has 17 heavy (non-hydrogen) atoms. The van der Waals surface area contributed by atoms with Gasteiger partial charge in [0.2, 0.25) is 0 Å². The SMILES string of the molecule is CCOc1cccc(OC2CC(Cl)C2OC)c1. The van der Waals surface area contributed by atoms with Gasteiger partial charge in [-0.05, 0) is 19.1 Å². The van der Waals surface area contributed by atoms with Crippen molar-refractivity contribution in [2.24, 2.45) is 0 Å². The molecule has 0 heterocycles. The predicted octanol–water partition coefficient (Wildman–Crippen LogP) is 2.86. The van der Waals surface area contributed by atoms with Crippen molar-refractivity contribution in [3.05, 3.63) is 24.3 Å². The smallest absolute Gasteiger partial charge is 0.128 e. The van der Waals surface area contributed by atoms with Crippen molar-refractivity contribution < 1.29 is 14.2 Å². The summed E-state index contributed by atoms with van der Waals surface area (Å²) in [5.74, 6) is 1.62. The van der Waals surface area contributed by atoms with E-state index in [0.29, 0.717) is 6.61 Å². The summed E-state index contributed by atoms with van der Waals surface area (Å²) in [6.45, 7) is 2.61. The van der Waals surface area contributed by atoms with E-state index < -0.39 is 0 Å². The third kappa shape index (κ3) is 2.85. The van der Waals surface area contributed by atoms with Crippen LogP contribution < -0.4 is 9.47 Å². The third-order valence-corrected chi connectivity index (χ3v) is 3.28. The van der Waals surface area contributed by atoms with Crippen LogP contribution in [0.15, 0.2) is 24.3 Å². The molecule has 1 aliphatic rings. The predicted molar refractivity (Wildman–Crippen MR) is 67.1 cm³/mol. The van der Waals surface area contributed by atoms with Gasteiger partial charge < -0.3 is 14.2 Å². The van der Waals surface area contributed by atoms with E-state index in [9.17, 15) is 0 Å². The molecule has 94 valence electrons. The number of hydrogen-bond donors (Lipinski definition) is 0. The van der Waals surface area contributed by atoms with Crippen molar-refractivity contribution >= 4 is 11.6 Å². The Bertz CT molecular complexity index is 369. The molecule has 1 aliphatic carbocycles. The Hall–Kier alpha value is -0.930. The van der Waals surface area contributed by atoms with E-state index in [1.165, 1.54) is 0 Å². The lowest BCUT2D eigenvalue weighted by molar-refractivity contribution is -0.0584. The minimum atomic E-state index is -0.0209. The Morgan fingerprint density at radius 1 is 1.35 bits per heavy atom. The van der Waals surface area contributed by atoms with Gasteiger partial charge in [0, 0.05) is 19.6 Å². The number of hydrogen-bond acceptors (Lipinski definition) is 3. The van der Waals surface area contributed by atoms with Crippen LogP contribution >= 0.6 is 11.6 Å². The molecule has 1 fully saturated rings. The highest BCUT2D eigenvalue weighted by atomic mass is 35.5. The highest BCUT2D eigenvalue weighted by Crippen LogP contribution is 2.33. The molecule has 0 aliphatic heterocycles. The fourth-order valence-corrected chi connectivity index (χ4v) is 2.36. The molecule has 4 heteroatoms. The highest BCUT2D eigenvalue weighted by molar-refractivity contribution is 6.21. The summed E-state index contributed by atoms with van der Waals surface area (Å²) in [5.41, 5.74) is 0. The molecule has 1 aromatic carbocycles. The second-order valence-electron chi connectivity index (χ2n) is 4.02. The first-order valence-corrected chi connectivity index (χ1v) is 6.24. The Morgan fingerprint density at radius 2 is 2.12 bits per heavy atom. The molecule has 0 N–H and O–H groups in total. The number of halogens is 1. The zero-order valence-corrected chi connectivity index (χ0v) is 10.8. The van der Waals surface area contributed by atoms with Crippen LogP contribution in [0.2, 0.25) is 0 Å². The van der Waals surface area contributed by atoms with Crippen LogP contribution in [-0.4, -0.2) is 31.3 Å². The summed E-state index contributed by atoms with van der Waals surface area (Å²) in [5, 5.41) is 0.0556. The first-order chi connectivity index (χ1) is 8.24. The molecule has 0 aromatic heterocycles. The van der Waals surface area contributed by atoms with E-state index in [1.54, 1.807) is 7.11 Å². The van der Waals surface area contributed by atoms with Gasteiger partial charge in [-0.25, -0.2) is 0 Å². The van der Waals surface area contributed by atoms with E-state index >= 15 is 0 Å². The summed E-state index contributed by atoms with van der Waals surface area (Å²) >= 11 is 6.03. The fraction of sp³-hybridized carbons (Fsp3) is 0.538. The van der Waals surface area contributed by atoms with E-state index in [4.69, 9.17) is 25.8 Å². The van der Waals surface area contributed by atoms with Gasteiger partial charge in [-0.2, -0.15) is 0 Å². The molecule has 0 amide bonds. The summed E-state index contributed by atoms with van der Waals surface area (Å²) in [6.07, 6.45) is 0.839. The van der Waals surface area contributed by atoms with Crippen molar-refractivity contribution in [3.63, 3.8) is 0 Å². The van der Waals surface area contributed by atoms with E-state index in [0.717, 1.165) is 17.9 Å². The van der Waals surface area contributed by atoms with Crippen molar-refractivity contribution in [3.8, 4) is 11.5 Å². The largest absolute Gasteiger partial charge is 0.494 e. The minimum Gasteiger partial charge on any atom is -0.494 e. The van der Waals surface area contributed by atoms with Gasteiger partial charge in [0.25, 0.3) is 0 Å². The van der Waals surface area contributed by atoms with Crippen molar-refractivity contribution in [1.29, 1.82) is 0 Å². The summed E-state index contributed by atoms with van der Waals surface area (Å²) in [6, 6.07) is 7.63. The number of alkyl halides is 1. The molecule has 0 saturated heterocycles. The van der Waals surface area contributed by atoms with Crippen LogP contribution in [0.1, 0.15) is 13.3 Å². The van der Waals surface area contributed by atoms with E-state index in [2.05, 4.69) is 0 Å². The van der Waals surface area contributed by atoms with Crippen molar-refractivity contribution in [2.45, 2.75) is 30.9 Å². The first kappa shape index (κ1) is 12.5. The van der Waals surface area contributed by atoms with Gasteiger partial charge in [-0.3, -0.25) is 0 Å². The van der Waals surface area contributed by atoms with E-state index in [1.807, 2.05) is 31.2 Å². The lowest BCUT2D eigenvalue weighted by Crippen LogP contribution is -2.52. The molecule has 0 radical (unpaired) electrons. The number of methoxy groups -OCH3 is 1. The van der Waals surface area contributed by atoms with E-state index in [-0.39, 0.29) is 17.6 Å².